The molecule has 0 aromatic heterocycles. The monoisotopic (exact) mass is 135 g/mol. The van der Waals surface area contributed by atoms with Gasteiger partial charge in [-0.25, -0.2) is 0 Å². The zero-order chi connectivity index (χ0) is 6.97. The lowest BCUT2D eigenvalue weighted by Crippen LogP contribution is -1.99. The van der Waals surface area contributed by atoms with E-state index in [0.717, 1.165) is 6.04 Å². The number of allylic oxidation sites excluding steroid dienone is 3. The number of hydrogen-bond acceptors (Lipinski definition) is 1. The van der Waals surface area contributed by atoms with E-state index in [4.69, 9.17) is 0 Å². The molecule has 54 valence electrons. The minimum atomic E-state index is 0.740. The van der Waals surface area contributed by atoms with Crippen molar-refractivity contribution in [2.75, 3.05) is 6.54 Å². The van der Waals surface area contributed by atoms with Crippen LogP contribution in [-0.4, -0.2) is 12.6 Å². The fourth-order valence-electron chi connectivity index (χ4n) is 1.37. The summed E-state index contributed by atoms with van der Waals surface area (Å²) < 4.78 is 0. The lowest BCUT2D eigenvalue weighted by molar-refractivity contribution is 0.861. The van der Waals surface area contributed by atoms with Crippen LogP contribution in [0.25, 0.3) is 0 Å². The van der Waals surface area contributed by atoms with Crippen LogP contribution in [0.15, 0.2) is 23.3 Å². The molecule has 0 amide bonds. The molecule has 2 aliphatic rings. The Morgan fingerprint density at radius 1 is 1.40 bits per heavy atom. The van der Waals surface area contributed by atoms with Crippen molar-refractivity contribution < 1.29 is 0 Å². The minimum absolute atomic E-state index is 0.740. The van der Waals surface area contributed by atoms with Crippen molar-refractivity contribution in [3.63, 3.8) is 0 Å². The molecule has 0 bridgehead atoms. The highest BCUT2D eigenvalue weighted by Crippen LogP contribution is 2.23. The molecule has 0 saturated carbocycles. The van der Waals surface area contributed by atoms with E-state index < -0.39 is 0 Å². The fourth-order valence-corrected chi connectivity index (χ4v) is 1.37. The molecule has 1 nitrogen and oxygen atoms in total. The van der Waals surface area contributed by atoms with Crippen molar-refractivity contribution in [3.8, 4) is 0 Å². The van der Waals surface area contributed by atoms with Crippen molar-refractivity contribution in [2.24, 2.45) is 0 Å². The van der Waals surface area contributed by atoms with E-state index in [-0.39, 0.29) is 0 Å². The Morgan fingerprint density at radius 2 is 2.20 bits per heavy atom. The van der Waals surface area contributed by atoms with Crippen LogP contribution in [0.4, 0.5) is 0 Å². The summed E-state index contributed by atoms with van der Waals surface area (Å²) in [5, 5.41) is 3.32. The maximum absolute atomic E-state index is 3.32. The van der Waals surface area contributed by atoms with Crippen LogP contribution in [0, 0.1) is 0 Å². The standard InChI is InChI=1S/C9H13N/c1-7-2-4-8(5-3-7)9-6-10-9/h2,4,9-10H,3,5-6H2,1H3. The molecular formula is C9H13N. The van der Waals surface area contributed by atoms with Gasteiger partial charge in [0.1, 0.15) is 0 Å². The summed E-state index contributed by atoms with van der Waals surface area (Å²) in [7, 11) is 0. The molecule has 1 aliphatic heterocycles. The van der Waals surface area contributed by atoms with Crippen molar-refractivity contribution >= 4 is 0 Å². The second-order valence-electron chi connectivity index (χ2n) is 3.22. The van der Waals surface area contributed by atoms with Gasteiger partial charge < -0.3 is 5.32 Å². The molecule has 1 unspecified atom stereocenters. The van der Waals surface area contributed by atoms with E-state index in [9.17, 15) is 0 Å². The average molecular weight is 135 g/mol. The molecular weight excluding hydrogens is 122 g/mol. The molecule has 1 N–H and O–H groups in total. The molecule has 10 heavy (non-hydrogen) atoms. The summed E-state index contributed by atoms with van der Waals surface area (Å²) in [4.78, 5) is 0. The summed E-state index contributed by atoms with van der Waals surface area (Å²) >= 11 is 0. The molecule has 0 aromatic carbocycles. The molecule has 0 spiro atoms. The van der Waals surface area contributed by atoms with Crippen LogP contribution in [0.3, 0.4) is 0 Å². The van der Waals surface area contributed by atoms with Crippen molar-refractivity contribution in [1.29, 1.82) is 0 Å². The van der Waals surface area contributed by atoms with Gasteiger partial charge in [0.25, 0.3) is 0 Å². The summed E-state index contributed by atoms with van der Waals surface area (Å²) in [6.45, 7) is 3.41. The topological polar surface area (TPSA) is 21.9 Å². The summed E-state index contributed by atoms with van der Waals surface area (Å²) in [6, 6.07) is 0.740. The molecule has 0 aromatic rings. The molecule has 1 fully saturated rings. The van der Waals surface area contributed by atoms with Crippen LogP contribution in [-0.2, 0) is 0 Å². The molecule has 0 radical (unpaired) electrons. The average Bonchev–Trinajstić information content (AvgIpc) is 2.71. The van der Waals surface area contributed by atoms with Crippen molar-refractivity contribution in [3.05, 3.63) is 23.3 Å². The van der Waals surface area contributed by atoms with E-state index in [0.29, 0.717) is 0 Å². The zero-order valence-corrected chi connectivity index (χ0v) is 6.35. The lowest BCUT2D eigenvalue weighted by atomic mass is 9.97. The smallest absolute Gasteiger partial charge is 0.0409 e. The maximum atomic E-state index is 3.32. The first kappa shape index (κ1) is 6.17. The first-order valence-electron chi connectivity index (χ1n) is 3.96. The van der Waals surface area contributed by atoms with Gasteiger partial charge >= 0.3 is 0 Å². The van der Waals surface area contributed by atoms with Crippen LogP contribution in [0.1, 0.15) is 19.8 Å². The van der Waals surface area contributed by atoms with Gasteiger partial charge in [-0.2, -0.15) is 0 Å². The predicted molar refractivity (Wildman–Crippen MR) is 42.9 cm³/mol. The largest absolute Gasteiger partial charge is 0.307 e. The van der Waals surface area contributed by atoms with Gasteiger partial charge in [0, 0.05) is 12.6 Å². The molecule has 1 heteroatoms. The predicted octanol–water partition coefficient (Wildman–Crippen LogP) is 1.62. The fraction of sp³-hybridized carbons (Fsp3) is 0.556. The van der Waals surface area contributed by atoms with Gasteiger partial charge in [-0.05, 0) is 19.8 Å². The maximum Gasteiger partial charge on any atom is 0.0409 e. The normalized spacial score (nSPS) is 31.1. The number of rotatable bonds is 1. The Balaban J connectivity index is 2.09. The number of nitrogens with one attached hydrogen (secondary N) is 1. The zero-order valence-electron chi connectivity index (χ0n) is 6.35. The van der Waals surface area contributed by atoms with Crippen molar-refractivity contribution in [1.82, 2.24) is 5.32 Å². The van der Waals surface area contributed by atoms with Gasteiger partial charge in [0.15, 0.2) is 0 Å². The highest BCUT2D eigenvalue weighted by atomic mass is 15.1. The number of hydrogen-bond donors (Lipinski definition) is 1. The van der Waals surface area contributed by atoms with Gasteiger partial charge in [0.2, 0.25) is 0 Å². The van der Waals surface area contributed by atoms with Crippen LogP contribution >= 0.6 is 0 Å². The Hall–Kier alpha value is -0.560. The molecule has 2 rings (SSSR count). The highest BCUT2D eigenvalue weighted by molar-refractivity contribution is 5.29. The van der Waals surface area contributed by atoms with Gasteiger partial charge in [-0.1, -0.05) is 23.3 Å². The van der Waals surface area contributed by atoms with E-state index in [2.05, 4.69) is 24.4 Å². The first-order chi connectivity index (χ1) is 4.86. The van der Waals surface area contributed by atoms with E-state index in [1.807, 2.05) is 0 Å². The van der Waals surface area contributed by atoms with E-state index in [1.54, 1.807) is 5.57 Å². The van der Waals surface area contributed by atoms with Gasteiger partial charge in [0.05, 0.1) is 0 Å². The second kappa shape index (κ2) is 2.24. The minimum Gasteiger partial charge on any atom is -0.307 e. The van der Waals surface area contributed by atoms with Crippen LogP contribution in [0.2, 0.25) is 0 Å². The SMILES string of the molecule is CC1=CC=C(C2CN2)CC1. The third kappa shape index (κ3) is 1.14. The Labute approximate surface area is 61.8 Å². The summed E-state index contributed by atoms with van der Waals surface area (Å²) in [5.41, 5.74) is 3.12. The Morgan fingerprint density at radius 3 is 2.70 bits per heavy atom. The summed E-state index contributed by atoms with van der Waals surface area (Å²) in [5.74, 6) is 0. The highest BCUT2D eigenvalue weighted by Gasteiger charge is 2.24. The summed E-state index contributed by atoms with van der Waals surface area (Å²) in [6.07, 6.45) is 7.08. The van der Waals surface area contributed by atoms with Crippen LogP contribution < -0.4 is 5.32 Å². The van der Waals surface area contributed by atoms with Crippen LogP contribution in [0.5, 0.6) is 0 Å². The van der Waals surface area contributed by atoms with Crippen molar-refractivity contribution in [2.45, 2.75) is 25.8 Å². The molecule has 1 aliphatic carbocycles. The lowest BCUT2D eigenvalue weighted by Gasteiger charge is -2.09. The van der Waals surface area contributed by atoms with Gasteiger partial charge in [-0.3, -0.25) is 0 Å². The second-order valence-corrected chi connectivity index (χ2v) is 3.22. The molecule has 1 atom stereocenters. The van der Waals surface area contributed by atoms with E-state index >= 15 is 0 Å². The molecule has 1 heterocycles. The van der Waals surface area contributed by atoms with E-state index in [1.165, 1.54) is 25.0 Å². The third-order valence-corrected chi connectivity index (χ3v) is 2.25. The molecule has 1 saturated heterocycles. The Kier molecular flexibility index (Phi) is 1.38. The first-order valence-corrected chi connectivity index (χ1v) is 3.96. The Bertz CT molecular complexity index is 197. The van der Waals surface area contributed by atoms with Gasteiger partial charge in [-0.15, -0.1) is 0 Å². The quantitative estimate of drug-likeness (QED) is 0.542. The third-order valence-electron chi connectivity index (χ3n) is 2.25.